The molecule has 0 unspecified atom stereocenters. The minimum Gasteiger partial charge on any atom is -0.505 e. The van der Waals surface area contributed by atoms with Crippen molar-refractivity contribution in [3.8, 4) is 11.5 Å². The van der Waals surface area contributed by atoms with Crippen LogP contribution in [0.2, 0.25) is 10.0 Å². The van der Waals surface area contributed by atoms with E-state index < -0.39 is 30.0 Å². The van der Waals surface area contributed by atoms with Gasteiger partial charge in [0, 0.05) is 16.3 Å². The van der Waals surface area contributed by atoms with Crippen molar-refractivity contribution in [3.05, 3.63) is 85.2 Å². The quantitative estimate of drug-likeness (QED) is 0.287. The van der Waals surface area contributed by atoms with Gasteiger partial charge in [-0.1, -0.05) is 47.5 Å². The number of carboxylic acid groups (broad SMARTS) is 1. The van der Waals surface area contributed by atoms with Crippen LogP contribution in [0, 0.1) is 0 Å². The molecule has 2 amide bonds. The Labute approximate surface area is 229 Å². The fraction of sp³-hybridized carbons (Fsp3) is 0.296. The average molecular weight is 560 g/mol. The Hall–Kier alpha value is -3.69. The minimum atomic E-state index is -1.15. The third kappa shape index (κ3) is 5.89. The third-order valence-corrected chi connectivity index (χ3v) is 7.04. The summed E-state index contributed by atoms with van der Waals surface area (Å²) in [6.45, 7) is 2.30. The molecule has 4 rings (SSSR count). The lowest BCUT2D eigenvalue weighted by atomic mass is 10.0. The van der Waals surface area contributed by atoms with Gasteiger partial charge in [0.05, 0.1) is 30.6 Å². The number of urea groups is 1. The highest BCUT2D eigenvalue weighted by Crippen LogP contribution is 2.35. The number of nitrogens with zero attached hydrogens (tertiary/aromatic N) is 1. The van der Waals surface area contributed by atoms with E-state index in [2.05, 4.69) is 10.6 Å². The Kier molecular flexibility index (Phi) is 8.48. The van der Waals surface area contributed by atoms with E-state index in [0.29, 0.717) is 52.1 Å². The number of benzene rings is 2. The van der Waals surface area contributed by atoms with Crippen molar-refractivity contribution in [2.75, 3.05) is 11.9 Å². The molecule has 1 aliphatic carbocycles. The van der Waals surface area contributed by atoms with Gasteiger partial charge in [-0.25, -0.2) is 4.79 Å². The van der Waals surface area contributed by atoms with E-state index in [4.69, 9.17) is 27.9 Å². The SMILES string of the molecule is CCOc1cc([C@H](CC(=O)O)NC(=O)Nc2c(O)c3c(n(Cc4ccccc4Cl)c2=O)CCC3)ccc1Cl. The van der Waals surface area contributed by atoms with Crippen molar-refractivity contribution in [2.45, 2.75) is 45.2 Å². The number of carboxylic acids is 1. The van der Waals surface area contributed by atoms with Crippen LogP contribution in [0.3, 0.4) is 0 Å². The number of rotatable bonds is 9. The topological polar surface area (TPSA) is 130 Å². The summed E-state index contributed by atoms with van der Waals surface area (Å²) in [7, 11) is 0. The van der Waals surface area contributed by atoms with E-state index in [0.717, 1.165) is 12.0 Å². The molecule has 4 N–H and O–H groups in total. The number of fused-ring (bicyclic) bond motifs is 1. The van der Waals surface area contributed by atoms with Crippen LogP contribution < -0.4 is 20.9 Å². The number of hydrogen-bond donors (Lipinski definition) is 4. The first kappa shape index (κ1) is 27.3. The maximum atomic E-state index is 13.5. The lowest BCUT2D eigenvalue weighted by Crippen LogP contribution is -2.37. The lowest BCUT2D eigenvalue weighted by Gasteiger charge is -2.21. The monoisotopic (exact) mass is 559 g/mol. The Morgan fingerprint density at radius 1 is 1.13 bits per heavy atom. The molecule has 1 aliphatic rings. The van der Waals surface area contributed by atoms with Crippen LogP contribution >= 0.6 is 23.2 Å². The first-order valence-electron chi connectivity index (χ1n) is 12.1. The van der Waals surface area contributed by atoms with Gasteiger partial charge in [-0.3, -0.25) is 9.59 Å². The molecule has 0 aliphatic heterocycles. The predicted molar refractivity (Wildman–Crippen MR) is 145 cm³/mol. The molecule has 1 atom stereocenters. The number of carbonyl (C=O) groups is 2. The summed E-state index contributed by atoms with van der Waals surface area (Å²) in [5.41, 5.74) is 1.60. The Bertz CT molecular complexity index is 1440. The fourth-order valence-corrected chi connectivity index (χ4v) is 4.97. The van der Waals surface area contributed by atoms with Gasteiger partial charge in [0.25, 0.3) is 5.56 Å². The predicted octanol–water partition coefficient (Wildman–Crippen LogP) is 5.13. The molecule has 0 radical (unpaired) electrons. The van der Waals surface area contributed by atoms with Gasteiger partial charge in [0.2, 0.25) is 0 Å². The van der Waals surface area contributed by atoms with E-state index in [1.165, 1.54) is 4.57 Å². The highest BCUT2D eigenvalue weighted by molar-refractivity contribution is 6.32. The molecule has 9 nitrogen and oxygen atoms in total. The van der Waals surface area contributed by atoms with Crippen LogP contribution in [0.25, 0.3) is 0 Å². The maximum Gasteiger partial charge on any atom is 0.319 e. The standard InChI is InChI=1S/C27H27Cl2N3O6/c1-2-38-22-12-15(10-11-19(22)29)20(13-23(33)34)30-27(37)31-24-25(35)17-7-5-9-21(17)32(26(24)36)14-16-6-3-4-8-18(16)28/h3-4,6,8,10-12,20,35H,2,5,7,9,13-14H2,1H3,(H,33,34)(H2,30,31,37)/t20-/m0/s1. The first-order valence-corrected chi connectivity index (χ1v) is 12.9. The summed E-state index contributed by atoms with van der Waals surface area (Å²) in [4.78, 5) is 38.1. The van der Waals surface area contributed by atoms with Gasteiger partial charge in [-0.05, 0) is 55.5 Å². The van der Waals surface area contributed by atoms with Crippen LogP contribution in [0.15, 0.2) is 47.3 Å². The molecular weight excluding hydrogens is 533 g/mol. The van der Waals surface area contributed by atoms with Gasteiger partial charge >= 0.3 is 12.0 Å². The highest BCUT2D eigenvalue weighted by Gasteiger charge is 2.27. The number of anilines is 1. The number of aliphatic carboxylic acids is 1. The van der Waals surface area contributed by atoms with Gasteiger partial charge in [0.15, 0.2) is 5.69 Å². The smallest absolute Gasteiger partial charge is 0.319 e. The van der Waals surface area contributed by atoms with E-state index in [-0.39, 0.29) is 18.0 Å². The molecule has 0 fully saturated rings. The number of carbonyl (C=O) groups excluding carboxylic acids is 1. The molecule has 2 aromatic carbocycles. The Balaban J connectivity index is 1.65. The van der Waals surface area contributed by atoms with Gasteiger partial charge in [0.1, 0.15) is 11.5 Å². The maximum absolute atomic E-state index is 13.5. The number of pyridine rings is 1. The lowest BCUT2D eigenvalue weighted by molar-refractivity contribution is -0.137. The zero-order valence-corrected chi connectivity index (χ0v) is 22.1. The van der Waals surface area contributed by atoms with Crippen LogP contribution in [-0.4, -0.2) is 33.4 Å². The number of ether oxygens (including phenoxy) is 1. The van der Waals surface area contributed by atoms with Crippen LogP contribution in [0.1, 0.15) is 48.2 Å². The second kappa shape index (κ2) is 11.8. The molecule has 3 aromatic rings. The summed E-state index contributed by atoms with van der Waals surface area (Å²) in [5, 5.41) is 26.2. The number of halogens is 2. The third-order valence-electron chi connectivity index (χ3n) is 6.36. The van der Waals surface area contributed by atoms with E-state index in [9.17, 15) is 24.6 Å². The second-order valence-corrected chi connectivity index (χ2v) is 9.67. The van der Waals surface area contributed by atoms with Crippen LogP contribution in [-0.2, 0) is 24.2 Å². The summed E-state index contributed by atoms with van der Waals surface area (Å²) in [6, 6.07) is 10.0. The van der Waals surface area contributed by atoms with Crippen molar-refractivity contribution in [1.29, 1.82) is 0 Å². The average Bonchev–Trinajstić information content (AvgIpc) is 3.36. The van der Waals surface area contributed by atoms with E-state index >= 15 is 0 Å². The van der Waals surface area contributed by atoms with Crippen molar-refractivity contribution in [2.24, 2.45) is 0 Å². The highest BCUT2D eigenvalue weighted by atomic mass is 35.5. The van der Waals surface area contributed by atoms with Gasteiger partial charge in [-0.2, -0.15) is 0 Å². The normalized spacial score (nSPS) is 13.0. The number of hydrogen-bond acceptors (Lipinski definition) is 5. The second-order valence-electron chi connectivity index (χ2n) is 8.86. The van der Waals surface area contributed by atoms with Gasteiger partial charge < -0.3 is 30.2 Å². The van der Waals surface area contributed by atoms with Crippen LogP contribution in [0.5, 0.6) is 11.5 Å². The fourth-order valence-electron chi connectivity index (χ4n) is 4.60. The van der Waals surface area contributed by atoms with E-state index in [1.54, 1.807) is 37.3 Å². The molecule has 38 heavy (non-hydrogen) atoms. The van der Waals surface area contributed by atoms with Crippen molar-refractivity contribution < 1.29 is 24.5 Å². The summed E-state index contributed by atoms with van der Waals surface area (Å²) in [5.74, 6) is -1.08. The molecule has 0 spiro atoms. The number of aromatic hydroxyl groups is 1. The number of nitrogens with one attached hydrogen (secondary N) is 2. The number of aromatic nitrogens is 1. The van der Waals surface area contributed by atoms with Crippen molar-refractivity contribution >= 4 is 40.9 Å². The molecule has 1 heterocycles. The van der Waals surface area contributed by atoms with E-state index in [1.807, 2.05) is 12.1 Å². The van der Waals surface area contributed by atoms with Crippen molar-refractivity contribution in [1.82, 2.24) is 9.88 Å². The summed E-state index contributed by atoms with van der Waals surface area (Å²) < 4.78 is 7.00. The largest absolute Gasteiger partial charge is 0.505 e. The van der Waals surface area contributed by atoms with Crippen molar-refractivity contribution in [3.63, 3.8) is 0 Å². The summed E-state index contributed by atoms with van der Waals surface area (Å²) in [6.07, 6.45) is 1.47. The molecule has 0 bridgehead atoms. The molecule has 11 heteroatoms. The zero-order valence-electron chi connectivity index (χ0n) is 20.6. The molecule has 200 valence electrons. The summed E-state index contributed by atoms with van der Waals surface area (Å²) >= 11 is 12.5. The van der Waals surface area contributed by atoms with Gasteiger partial charge in [-0.15, -0.1) is 0 Å². The van der Waals surface area contributed by atoms with Crippen LogP contribution in [0.4, 0.5) is 10.5 Å². The molecule has 0 saturated carbocycles. The Morgan fingerprint density at radius 2 is 1.89 bits per heavy atom. The molecule has 0 saturated heterocycles. The molecular formula is C27H27Cl2N3O6. The zero-order chi connectivity index (χ0) is 27.4. The molecule has 1 aromatic heterocycles. The Morgan fingerprint density at radius 3 is 2.61 bits per heavy atom. The number of amides is 2. The first-order chi connectivity index (χ1) is 18.2. The minimum absolute atomic E-state index is 0.171.